The van der Waals surface area contributed by atoms with Crippen molar-refractivity contribution < 1.29 is 4.39 Å². The summed E-state index contributed by atoms with van der Waals surface area (Å²) in [6, 6.07) is 12.8. The molecule has 3 rings (SSSR count). The van der Waals surface area contributed by atoms with E-state index in [2.05, 4.69) is 55.8 Å². The Morgan fingerprint density at radius 2 is 2.00 bits per heavy atom. The largest absolute Gasteiger partial charge is 0.268 e. The molecule has 2 aromatic carbocycles. The Labute approximate surface area is 144 Å². The highest BCUT2D eigenvalue weighted by Crippen LogP contribution is 2.25. The van der Waals surface area contributed by atoms with Gasteiger partial charge in [-0.2, -0.15) is 5.10 Å². The van der Waals surface area contributed by atoms with Crippen molar-refractivity contribution in [3.05, 3.63) is 74.3 Å². The molecule has 2 nitrogen and oxygen atoms in total. The smallest absolute Gasteiger partial charge is 0.123 e. The number of nitrogens with zero attached hydrogens (tertiary/aromatic N) is 2. The van der Waals surface area contributed by atoms with Gasteiger partial charge >= 0.3 is 0 Å². The van der Waals surface area contributed by atoms with E-state index in [-0.39, 0.29) is 5.82 Å². The van der Waals surface area contributed by atoms with Gasteiger partial charge in [-0.05, 0) is 58.0 Å². The first kappa shape index (κ1) is 14.7. The standard InChI is InChI=1S/C16H11BrFIN2/c17-15-6-5-13(18)7-11(15)9-21-10-12(8-20-21)14-3-1-2-4-16(14)19/h1-8,10H,9H2. The van der Waals surface area contributed by atoms with E-state index in [9.17, 15) is 4.39 Å². The molecular formula is C16H11BrFIN2. The van der Waals surface area contributed by atoms with Gasteiger partial charge in [0, 0.05) is 19.8 Å². The van der Waals surface area contributed by atoms with Crippen molar-refractivity contribution in [2.75, 3.05) is 0 Å². The van der Waals surface area contributed by atoms with Crippen molar-refractivity contribution in [3.8, 4) is 11.1 Å². The van der Waals surface area contributed by atoms with Gasteiger partial charge in [-0.3, -0.25) is 4.68 Å². The Balaban J connectivity index is 1.89. The summed E-state index contributed by atoms with van der Waals surface area (Å²) < 4.78 is 17.2. The maximum Gasteiger partial charge on any atom is 0.123 e. The molecule has 0 N–H and O–H groups in total. The molecule has 0 spiro atoms. The molecule has 21 heavy (non-hydrogen) atoms. The Morgan fingerprint density at radius 3 is 2.81 bits per heavy atom. The van der Waals surface area contributed by atoms with Crippen LogP contribution in [0.15, 0.2) is 59.3 Å². The van der Waals surface area contributed by atoms with E-state index in [0.29, 0.717) is 6.54 Å². The molecule has 0 atom stereocenters. The van der Waals surface area contributed by atoms with E-state index in [0.717, 1.165) is 21.2 Å². The normalized spacial score (nSPS) is 10.8. The third kappa shape index (κ3) is 3.35. The first-order valence-corrected chi connectivity index (χ1v) is 8.22. The lowest BCUT2D eigenvalue weighted by Gasteiger charge is -2.05. The van der Waals surface area contributed by atoms with E-state index in [1.807, 2.05) is 29.2 Å². The van der Waals surface area contributed by atoms with Crippen LogP contribution in [0.1, 0.15) is 5.56 Å². The molecule has 106 valence electrons. The average Bonchev–Trinajstić information content (AvgIpc) is 2.92. The second-order valence-electron chi connectivity index (χ2n) is 4.64. The lowest BCUT2D eigenvalue weighted by molar-refractivity contribution is 0.618. The molecule has 0 fully saturated rings. The molecule has 0 amide bonds. The van der Waals surface area contributed by atoms with Crippen LogP contribution in [0.3, 0.4) is 0 Å². The zero-order chi connectivity index (χ0) is 14.8. The molecule has 0 radical (unpaired) electrons. The van der Waals surface area contributed by atoms with Crippen molar-refractivity contribution >= 4 is 38.5 Å². The first-order chi connectivity index (χ1) is 10.1. The summed E-state index contributed by atoms with van der Waals surface area (Å²) in [5, 5.41) is 4.37. The third-order valence-electron chi connectivity index (χ3n) is 3.16. The van der Waals surface area contributed by atoms with Gasteiger partial charge in [-0.15, -0.1) is 0 Å². The monoisotopic (exact) mass is 456 g/mol. The molecule has 0 aliphatic heterocycles. The quantitative estimate of drug-likeness (QED) is 0.501. The number of aromatic nitrogens is 2. The summed E-state index contributed by atoms with van der Waals surface area (Å²) in [5.41, 5.74) is 3.09. The zero-order valence-electron chi connectivity index (χ0n) is 10.9. The highest BCUT2D eigenvalue weighted by atomic mass is 127. The fourth-order valence-corrected chi connectivity index (χ4v) is 3.19. The number of hydrogen-bond donors (Lipinski definition) is 0. The summed E-state index contributed by atoms with van der Waals surface area (Å²) in [7, 11) is 0. The van der Waals surface area contributed by atoms with Crippen LogP contribution in [0.4, 0.5) is 4.39 Å². The molecule has 1 heterocycles. The first-order valence-electron chi connectivity index (χ1n) is 6.35. The van der Waals surface area contributed by atoms with Crippen LogP contribution < -0.4 is 0 Å². The predicted molar refractivity (Wildman–Crippen MR) is 93.6 cm³/mol. The maximum absolute atomic E-state index is 13.3. The van der Waals surface area contributed by atoms with Crippen molar-refractivity contribution in [2.45, 2.75) is 6.54 Å². The maximum atomic E-state index is 13.3. The van der Waals surface area contributed by atoms with Gasteiger partial charge in [-0.25, -0.2) is 4.39 Å². The minimum Gasteiger partial charge on any atom is -0.268 e. The highest BCUT2D eigenvalue weighted by molar-refractivity contribution is 14.1. The minimum atomic E-state index is -0.238. The van der Waals surface area contributed by atoms with Gasteiger partial charge in [0.05, 0.1) is 12.7 Å². The molecule has 0 unspecified atom stereocenters. The van der Waals surface area contributed by atoms with Crippen LogP contribution >= 0.6 is 38.5 Å². The van der Waals surface area contributed by atoms with Crippen LogP contribution in [0.2, 0.25) is 0 Å². The molecular weight excluding hydrogens is 446 g/mol. The lowest BCUT2D eigenvalue weighted by Crippen LogP contribution is -2.01. The van der Waals surface area contributed by atoms with E-state index in [1.54, 1.807) is 6.07 Å². The number of rotatable bonds is 3. The number of halogens is 3. The Hall–Kier alpha value is -1.21. The Kier molecular flexibility index (Phi) is 4.40. The predicted octanol–water partition coefficient (Wildman–Crippen LogP) is 5.10. The topological polar surface area (TPSA) is 17.8 Å². The molecule has 3 aromatic rings. The molecule has 0 saturated carbocycles. The van der Waals surface area contributed by atoms with Crippen LogP contribution in [0, 0.1) is 9.39 Å². The van der Waals surface area contributed by atoms with Crippen molar-refractivity contribution in [2.24, 2.45) is 0 Å². The van der Waals surface area contributed by atoms with E-state index in [4.69, 9.17) is 0 Å². The van der Waals surface area contributed by atoms with Crippen molar-refractivity contribution in [1.29, 1.82) is 0 Å². The van der Waals surface area contributed by atoms with Crippen molar-refractivity contribution in [1.82, 2.24) is 9.78 Å². The van der Waals surface area contributed by atoms with Crippen LogP contribution in [-0.4, -0.2) is 9.78 Å². The Bertz CT molecular complexity index is 785. The second-order valence-corrected chi connectivity index (χ2v) is 6.66. The third-order valence-corrected chi connectivity index (χ3v) is 4.87. The average molecular weight is 457 g/mol. The molecule has 0 saturated heterocycles. The van der Waals surface area contributed by atoms with Gasteiger partial charge in [0.15, 0.2) is 0 Å². The summed E-state index contributed by atoms with van der Waals surface area (Å²) in [4.78, 5) is 0. The summed E-state index contributed by atoms with van der Waals surface area (Å²) in [6.07, 6.45) is 3.82. The summed E-state index contributed by atoms with van der Waals surface area (Å²) in [5.74, 6) is -0.238. The van der Waals surface area contributed by atoms with Crippen LogP contribution in [-0.2, 0) is 6.54 Å². The van der Waals surface area contributed by atoms with Gasteiger partial charge in [0.25, 0.3) is 0 Å². The molecule has 0 bridgehead atoms. The molecule has 5 heteroatoms. The van der Waals surface area contributed by atoms with Gasteiger partial charge in [-0.1, -0.05) is 34.1 Å². The summed E-state index contributed by atoms with van der Waals surface area (Å²) in [6.45, 7) is 0.530. The van der Waals surface area contributed by atoms with E-state index in [1.165, 1.54) is 15.7 Å². The van der Waals surface area contributed by atoms with Crippen molar-refractivity contribution in [3.63, 3.8) is 0 Å². The SMILES string of the molecule is Fc1ccc(Br)c(Cn2cc(-c3ccccc3I)cn2)c1. The molecule has 0 aliphatic rings. The minimum absolute atomic E-state index is 0.238. The van der Waals surface area contributed by atoms with Crippen LogP contribution in [0.5, 0.6) is 0 Å². The van der Waals surface area contributed by atoms with Gasteiger partial charge in [0.2, 0.25) is 0 Å². The zero-order valence-corrected chi connectivity index (χ0v) is 14.7. The van der Waals surface area contributed by atoms with E-state index < -0.39 is 0 Å². The second kappa shape index (κ2) is 6.27. The highest BCUT2D eigenvalue weighted by Gasteiger charge is 2.07. The fraction of sp³-hybridized carbons (Fsp3) is 0.0625. The number of benzene rings is 2. The number of hydrogen-bond acceptors (Lipinski definition) is 1. The summed E-state index contributed by atoms with van der Waals surface area (Å²) >= 11 is 5.75. The van der Waals surface area contributed by atoms with Crippen LogP contribution in [0.25, 0.3) is 11.1 Å². The molecule has 0 aliphatic carbocycles. The molecule has 1 aromatic heterocycles. The van der Waals surface area contributed by atoms with Gasteiger partial charge in [0.1, 0.15) is 5.82 Å². The lowest BCUT2D eigenvalue weighted by atomic mass is 10.1. The van der Waals surface area contributed by atoms with E-state index >= 15 is 0 Å². The van der Waals surface area contributed by atoms with Gasteiger partial charge < -0.3 is 0 Å². The Morgan fingerprint density at radius 1 is 1.19 bits per heavy atom. The fourth-order valence-electron chi connectivity index (χ4n) is 2.12.